The highest BCUT2D eigenvalue weighted by atomic mass is 35.5. The molecule has 13 heavy (non-hydrogen) atoms. The fraction of sp³-hybridized carbons (Fsp3) is 0. The highest BCUT2D eigenvalue weighted by Crippen LogP contribution is 2.33. The van der Waals surface area contributed by atoms with Crippen LogP contribution in [0, 0.1) is 0 Å². The zero-order valence-electron chi connectivity index (χ0n) is 6.15. The fourth-order valence-corrected chi connectivity index (χ4v) is 3.13. The topological polar surface area (TPSA) is 63.5 Å². The molecular weight excluding hydrogens is 254 g/mol. The number of halogens is 2. The van der Waals surface area contributed by atoms with Crippen molar-refractivity contribution >= 4 is 40.9 Å². The maximum atomic E-state index is 10.6. The highest BCUT2D eigenvalue weighted by Gasteiger charge is 2.16. The molecule has 0 saturated carbocycles. The third-order valence-corrected chi connectivity index (χ3v) is 4.14. The van der Waals surface area contributed by atoms with E-state index in [9.17, 15) is 4.89 Å². The lowest BCUT2D eigenvalue weighted by Crippen LogP contribution is -1.98. The molecule has 1 aromatic rings. The van der Waals surface area contributed by atoms with Crippen LogP contribution in [0.1, 0.15) is 0 Å². The molecule has 0 fully saturated rings. The average Bonchev–Trinajstić information content (AvgIpc) is 1.96. The summed E-state index contributed by atoms with van der Waals surface area (Å²) in [7, 11) is 0.392. The van der Waals surface area contributed by atoms with Crippen molar-refractivity contribution in [3.8, 4) is 0 Å². The van der Waals surface area contributed by atoms with E-state index in [1.54, 1.807) is 12.1 Å². The monoisotopic (exact) mass is 258 g/mol. The Balaban J connectivity index is 3.25. The van der Waals surface area contributed by atoms with Crippen LogP contribution in [0.15, 0.2) is 23.1 Å². The van der Waals surface area contributed by atoms with E-state index in [1.165, 1.54) is 6.07 Å². The van der Waals surface area contributed by atoms with Crippen LogP contribution in [0.3, 0.4) is 0 Å². The van der Waals surface area contributed by atoms with Crippen LogP contribution in [0.4, 0.5) is 0 Å². The van der Waals surface area contributed by atoms with Crippen LogP contribution in [-0.4, -0.2) is 9.79 Å². The van der Waals surface area contributed by atoms with Crippen molar-refractivity contribution in [3.05, 3.63) is 28.2 Å². The van der Waals surface area contributed by atoms with Crippen LogP contribution in [0.5, 0.6) is 0 Å². The van der Waals surface area contributed by atoms with Gasteiger partial charge in [-0.25, -0.2) is 0 Å². The Labute approximate surface area is 88.8 Å². The Morgan fingerprint density at radius 3 is 2.46 bits per heavy atom. The standard InChI is InChI=1S/C6H5Cl2O3PS/c7-4-2-1-3-5(6(4)8)13-12(9,10)11/h1-3H,(H2-,9,10,11). The van der Waals surface area contributed by atoms with Gasteiger partial charge in [-0.05, 0) is 6.07 Å². The number of hydrogen-bond acceptors (Lipinski definition) is 1. The summed E-state index contributed by atoms with van der Waals surface area (Å²) in [6.07, 6.45) is 0. The average molecular weight is 259 g/mol. The molecule has 0 radical (unpaired) electrons. The molecule has 0 unspecified atom stereocenters. The molecule has 0 aromatic heterocycles. The van der Waals surface area contributed by atoms with Crippen molar-refractivity contribution in [1.29, 1.82) is 0 Å². The van der Waals surface area contributed by atoms with Gasteiger partial charge in [-0.3, -0.25) is 0 Å². The first-order valence-electron chi connectivity index (χ1n) is 3.09. The predicted molar refractivity (Wildman–Crippen MR) is 53.5 cm³/mol. The molecule has 0 amide bonds. The molecule has 0 atom stereocenters. The van der Waals surface area contributed by atoms with Gasteiger partial charge in [-0.2, -0.15) is 0 Å². The molecule has 0 bridgehead atoms. The van der Waals surface area contributed by atoms with Crippen LogP contribution in [0.2, 0.25) is 10.0 Å². The second kappa shape index (κ2) is 4.24. The van der Waals surface area contributed by atoms with Gasteiger partial charge in [-0.15, -0.1) is 0 Å². The molecule has 0 heterocycles. The van der Waals surface area contributed by atoms with Gasteiger partial charge < -0.3 is 14.7 Å². The molecule has 1 aromatic carbocycles. The minimum Gasteiger partial charge on any atom is -0.742 e. The number of rotatable bonds is 1. The largest absolute Gasteiger partial charge is 0.742 e. The molecular formula is C6H5Cl2O3PS. The Morgan fingerprint density at radius 2 is 1.92 bits per heavy atom. The van der Waals surface area contributed by atoms with E-state index in [4.69, 9.17) is 33.0 Å². The van der Waals surface area contributed by atoms with E-state index in [0.29, 0.717) is 10.9 Å². The normalized spacial score (nSPS) is 11.5. The molecule has 1 rings (SSSR count). The second-order valence-corrected chi connectivity index (χ2v) is 6.50. The van der Waals surface area contributed by atoms with Gasteiger partial charge in [0.25, 0.3) is 0 Å². The molecule has 0 aliphatic heterocycles. The molecule has 0 aliphatic rings. The lowest BCUT2D eigenvalue weighted by atomic mass is 10.4. The fourth-order valence-electron chi connectivity index (χ4n) is 0.683. The maximum absolute atomic E-state index is 10.6. The minimum absolute atomic E-state index is 0.164. The third-order valence-electron chi connectivity index (χ3n) is 1.13. The van der Waals surface area contributed by atoms with Gasteiger partial charge >= 0.3 is 6.72 Å². The zero-order chi connectivity index (χ0) is 10.1. The van der Waals surface area contributed by atoms with Crippen LogP contribution < -0.4 is 4.89 Å². The van der Waals surface area contributed by atoms with Gasteiger partial charge in [0.15, 0.2) is 0 Å². The number of hydrogen-bond donors (Lipinski definition) is 2. The number of benzene rings is 1. The van der Waals surface area contributed by atoms with Crippen molar-refractivity contribution in [2.45, 2.75) is 4.90 Å². The molecule has 3 nitrogen and oxygen atoms in total. The van der Waals surface area contributed by atoms with Gasteiger partial charge in [0.05, 0.1) is 5.02 Å². The van der Waals surface area contributed by atoms with E-state index < -0.39 is 6.72 Å². The first-order chi connectivity index (χ1) is 5.90. The SMILES string of the molecule is [O-]P(O)(O)=[S+]c1cccc(Cl)c1Cl. The van der Waals surface area contributed by atoms with Crippen LogP contribution in [0.25, 0.3) is 0 Å². The summed E-state index contributed by atoms with van der Waals surface area (Å²) < 4.78 is 0. The first-order valence-corrected chi connectivity index (χ1v) is 6.88. The Morgan fingerprint density at radius 1 is 1.31 bits per heavy atom. The summed E-state index contributed by atoms with van der Waals surface area (Å²) in [5.74, 6) is 0. The van der Waals surface area contributed by atoms with E-state index in [2.05, 4.69) is 0 Å². The van der Waals surface area contributed by atoms with Crippen molar-refractivity contribution in [1.82, 2.24) is 0 Å². The minimum atomic E-state index is -4.16. The second-order valence-electron chi connectivity index (χ2n) is 2.13. The van der Waals surface area contributed by atoms with Gasteiger partial charge in [-0.1, -0.05) is 29.3 Å². The van der Waals surface area contributed by atoms with Crippen LogP contribution >= 0.6 is 29.9 Å². The van der Waals surface area contributed by atoms with E-state index in [0.717, 1.165) is 0 Å². The maximum Gasteiger partial charge on any atom is 0.321 e. The highest BCUT2D eigenvalue weighted by molar-refractivity contribution is 8.16. The predicted octanol–water partition coefficient (Wildman–Crippen LogP) is 1.46. The molecule has 0 spiro atoms. The lowest BCUT2D eigenvalue weighted by molar-refractivity contribution is -0.196. The smallest absolute Gasteiger partial charge is 0.321 e. The van der Waals surface area contributed by atoms with Crippen molar-refractivity contribution in [2.75, 3.05) is 0 Å². The van der Waals surface area contributed by atoms with Crippen molar-refractivity contribution in [2.24, 2.45) is 0 Å². The van der Waals surface area contributed by atoms with E-state index in [1.807, 2.05) is 0 Å². The summed E-state index contributed by atoms with van der Waals surface area (Å²) in [4.78, 5) is 28.2. The summed E-state index contributed by atoms with van der Waals surface area (Å²) in [5.41, 5.74) is 0. The Kier molecular flexibility index (Phi) is 3.72. The zero-order valence-corrected chi connectivity index (χ0v) is 9.37. The Hall–Kier alpha value is 0.330. The van der Waals surface area contributed by atoms with Gasteiger partial charge in [0.2, 0.25) is 15.8 Å². The quantitative estimate of drug-likeness (QED) is 0.592. The van der Waals surface area contributed by atoms with E-state index in [-0.39, 0.29) is 14.9 Å². The van der Waals surface area contributed by atoms with E-state index >= 15 is 0 Å². The summed E-state index contributed by atoms with van der Waals surface area (Å²) >= 11 is 11.3. The third kappa shape index (κ3) is 3.52. The lowest BCUT2D eigenvalue weighted by Gasteiger charge is -2.01. The summed E-state index contributed by atoms with van der Waals surface area (Å²) in [6.45, 7) is -4.16. The van der Waals surface area contributed by atoms with Crippen molar-refractivity contribution < 1.29 is 14.7 Å². The Bertz CT molecular complexity index is 368. The summed E-state index contributed by atoms with van der Waals surface area (Å²) in [5, 5.41) is 0.442. The molecule has 0 saturated heterocycles. The van der Waals surface area contributed by atoms with Crippen LogP contribution in [-0.2, 0) is 10.9 Å². The molecule has 0 aliphatic carbocycles. The van der Waals surface area contributed by atoms with Gasteiger partial charge in [0.1, 0.15) is 5.02 Å². The van der Waals surface area contributed by atoms with Gasteiger partial charge in [0, 0.05) is 6.07 Å². The molecule has 2 N–H and O–H groups in total. The molecule has 7 heteroatoms. The first kappa shape index (κ1) is 11.4. The molecule has 72 valence electrons. The summed E-state index contributed by atoms with van der Waals surface area (Å²) in [6, 6.07) is 4.62. The van der Waals surface area contributed by atoms with Crippen molar-refractivity contribution in [3.63, 3.8) is 0 Å².